The molecule has 0 aromatic heterocycles. The van der Waals surface area contributed by atoms with Crippen LogP contribution >= 0.6 is 0 Å². The number of hydrogen-bond donors (Lipinski definition) is 0. The Bertz CT molecular complexity index is 544. The van der Waals surface area contributed by atoms with E-state index in [1.165, 1.54) is 12.8 Å². The monoisotopic (exact) mass is 286 g/mol. The minimum atomic E-state index is 0.407. The van der Waals surface area contributed by atoms with Gasteiger partial charge in [0.05, 0.1) is 18.6 Å². The second-order valence-electron chi connectivity index (χ2n) is 6.48. The third-order valence-electron chi connectivity index (χ3n) is 3.98. The van der Waals surface area contributed by atoms with Crippen molar-refractivity contribution in [2.45, 2.75) is 33.6 Å². The molecule has 0 radical (unpaired) electrons. The summed E-state index contributed by atoms with van der Waals surface area (Å²) in [5.41, 5.74) is 3.68. The fraction of sp³-hybridized carbons (Fsp3) is 0.500. The lowest BCUT2D eigenvalue weighted by molar-refractivity contribution is 0.246. The molecule has 0 atom stereocenters. The van der Waals surface area contributed by atoms with Gasteiger partial charge in [-0.3, -0.25) is 0 Å². The summed E-state index contributed by atoms with van der Waals surface area (Å²) in [6.45, 7) is 11.8. The third-order valence-corrected chi connectivity index (χ3v) is 3.98. The molecule has 0 spiro atoms. The maximum Gasteiger partial charge on any atom is 0.122 e. The molecule has 0 heterocycles. The van der Waals surface area contributed by atoms with E-state index in [1.54, 1.807) is 0 Å². The average Bonchev–Trinajstić information content (AvgIpc) is 3.16. The molecule has 1 aliphatic rings. The molecule has 3 nitrogen and oxygen atoms in total. The molecule has 0 bridgehead atoms. The van der Waals surface area contributed by atoms with E-state index in [-0.39, 0.29) is 0 Å². The molecule has 114 valence electrons. The summed E-state index contributed by atoms with van der Waals surface area (Å²) in [7, 11) is 1.99. The number of aliphatic imine (C=N–C) groups is 1. The molecule has 3 heteroatoms. The van der Waals surface area contributed by atoms with Gasteiger partial charge in [-0.1, -0.05) is 13.0 Å². The van der Waals surface area contributed by atoms with Gasteiger partial charge in [0.25, 0.3) is 0 Å². The molecule has 1 aliphatic carbocycles. The lowest BCUT2D eigenvalue weighted by Crippen LogP contribution is -2.15. The van der Waals surface area contributed by atoms with Crippen molar-refractivity contribution in [1.29, 1.82) is 0 Å². The molecule has 0 aliphatic heterocycles. The van der Waals surface area contributed by atoms with Crippen molar-refractivity contribution >= 4 is 12.0 Å². The Hall–Kier alpha value is -1.77. The van der Waals surface area contributed by atoms with E-state index >= 15 is 0 Å². The first-order chi connectivity index (χ1) is 9.93. The first-order valence-electron chi connectivity index (χ1n) is 7.53. The van der Waals surface area contributed by atoms with Gasteiger partial charge in [-0.15, -0.1) is 6.58 Å². The first kappa shape index (κ1) is 15.6. The molecule has 21 heavy (non-hydrogen) atoms. The van der Waals surface area contributed by atoms with Gasteiger partial charge in [0.2, 0.25) is 0 Å². The Labute approximate surface area is 128 Å². The SMILES string of the molecule is C=CCN(C)/C=N/c1cc(C)c(OCC2(C)CC2)cc1C. The molecular formula is C18H26N2O. The number of rotatable bonds is 7. The normalized spacial score (nSPS) is 16.0. The van der Waals surface area contributed by atoms with Gasteiger partial charge in [-0.2, -0.15) is 0 Å². The highest BCUT2D eigenvalue weighted by atomic mass is 16.5. The van der Waals surface area contributed by atoms with Crippen LogP contribution in [0.3, 0.4) is 0 Å². The number of likely N-dealkylation sites (N-methyl/N-ethyl adjacent to an activating group) is 1. The minimum absolute atomic E-state index is 0.407. The summed E-state index contributed by atoms with van der Waals surface area (Å²) >= 11 is 0. The number of nitrogens with zero attached hydrogens (tertiary/aromatic N) is 2. The van der Waals surface area contributed by atoms with Gasteiger partial charge < -0.3 is 9.64 Å². The van der Waals surface area contributed by atoms with Crippen LogP contribution in [0, 0.1) is 19.3 Å². The van der Waals surface area contributed by atoms with Crippen molar-refractivity contribution < 1.29 is 4.74 Å². The zero-order valence-electron chi connectivity index (χ0n) is 13.6. The zero-order valence-corrected chi connectivity index (χ0v) is 13.6. The Morgan fingerprint density at radius 2 is 2.05 bits per heavy atom. The minimum Gasteiger partial charge on any atom is -0.493 e. The summed E-state index contributed by atoms with van der Waals surface area (Å²) in [5.74, 6) is 0.985. The van der Waals surface area contributed by atoms with Crippen LogP contribution in [-0.4, -0.2) is 31.4 Å². The van der Waals surface area contributed by atoms with Crippen LogP contribution in [0.5, 0.6) is 5.75 Å². The van der Waals surface area contributed by atoms with E-state index in [9.17, 15) is 0 Å². The zero-order chi connectivity index (χ0) is 15.5. The van der Waals surface area contributed by atoms with Gasteiger partial charge in [0, 0.05) is 19.0 Å². The maximum absolute atomic E-state index is 5.99. The van der Waals surface area contributed by atoms with Gasteiger partial charge >= 0.3 is 0 Å². The van der Waals surface area contributed by atoms with Crippen LogP contribution in [0.2, 0.25) is 0 Å². The van der Waals surface area contributed by atoms with E-state index in [1.807, 2.05) is 24.4 Å². The van der Waals surface area contributed by atoms with Gasteiger partial charge in [-0.25, -0.2) is 4.99 Å². The van der Waals surface area contributed by atoms with Crippen LogP contribution in [0.15, 0.2) is 29.8 Å². The fourth-order valence-electron chi connectivity index (χ4n) is 2.09. The summed E-state index contributed by atoms with van der Waals surface area (Å²) in [6.07, 6.45) is 6.26. The highest BCUT2D eigenvalue weighted by molar-refractivity contribution is 5.64. The number of aryl methyl sites for hydroxylation is 2. The van der Waals surface area contributed by atoms with Crippen LogP contribution < -0.4 is 4.74 Å². The molecule has 1 saturated carbocycles. The molecule has 0 saturated heterocycles. The predicted octanol–water partition coefficient (Wildman–Crippen LogP) is 4.26. The standard InChI is InChI=1S/C18H26N2O/c1-6-9-20(5)13-19-16-10-15(3)17(11-14(16)2)21-12-18(4)7-8-18/h6,10-11,13H,1,7-9,12H2,2-5H3/b19-13+. The Kier molecular flexibility index (Phi) is 4.71. The van der Waals surface area contributed by atoms with Crippen LogP contribution in [-0.2, 0) is 0 Å². The number of hydrogen-bond acceptors (Lipinski definition) is 2. The highest BCUT2D eigenvalue weighted by Gasteiger charge is 2.38. The van der Waals surface area contributed by atoms with Crippen LogP contribution in [0.4, 0.5) is 5.69 Å². The molecule has 1 fully saturated rings. The summed E-state index contributed by atoms with van der Waals surface area (Å²) in [4.78, 5) is 6.55. The average molecular weight is 286 g/mol. The molecule has 1 aromatic carbocycles. The number of benzene rings is 1. The van der Waals surface area contributed by atoms with Gasteiger partial charge in [0.1, 0.15) is 5.75 Å². The Balaban J connectivity index is 2.07. The molecule has 2 rings (SSSR count). The Morgan fingerprint density at radius 1 is 1.33 bits per heavy atom. The van der Waals surface area contributed by atoms with Crippen molar-refractivity contribution in [2.75, 3.05) is 20.2 Å². The molecule has 0 N–H and O–H groups in total. The summed E-state index contributed by atoms with van der Waals surface area (Å²) in [5, 5.41) is 0. The quantitative estimate of drug-likeness (QED) is 0.425. The maximum atomic E-state index is 5.99. The van der Waals surface area contributed by atoms with Gasteiger partial charge in [-0.05, 0) is 49.9 Å². The summed E-state index contributed by atoms with van der Waals surface area (Å²) < 4.78 is 5.99. The summed E-state index contributed by atoms with van der Waals surface area (Å²) in [6, 6.07) is 4.19. The van der Waals surface area contributed by atoms with Crippen molar-refractivity contribution in [3.8, 4) is 5.75 Å². The van der Waals surface area contributed by atoms with E-state index < -0.39 is 0 Å². The van der Waals surface area contributed by atoms with E-state index in [2.05, 4.69) is 44.5 Å². The topological polar surface area (TPSA) is 24.8 Å². The molecule has 1 aromatic rings. The fourth-order valence-corrected chi connectivity index (χ4v) is 2.09. The largest absolute Gasteiger partial charge is 0.493 e. The third kappa shape index (κ3) is 4.35. The lowest BCUT2D eigenvalue weighted by atomic mass is 10.1. The van der Waals surface area contributed by atoms with Crippen molar-refractivity contribution in [3.63, 3.8) is 0 Å². The molecule has 0 amide bonds. The molecule has 0 unspecified atom stereocenters. The van der Waals surface area contributed by atoms with E-state index in [0.29, 0.717) is 5.41 Å². The second kappa shape index (κ2) is 6.33. The van der Waals surface area contributed by atoms with Crippen LogP contribution in [0.25, 0.3) is 0 Å². The van der Waals surface area contributed by atoms with Crippen LogP contribution in [0.1, 0.15) is 30.9 Å². The number of ether oxygens (including phenoxy) is 1. The predicted molar refractivity (Wildman–Crippen MR) is 89.7 cm³/mol. The smallest absolute Gasteiger partial charge is 0.122 e. The molecular weight excluding hydrogens is 260 g/mol. The Morgan fingerprint density at radius 3 is 2.67 bits per heavy atom. The highest BCUT2D eigenvalue weighted by Crippen LogP contribution is 2.45. The van der Waals surface area contributed by atoms with E-state index in [4.69, 9.17) is 4.74 Å². The van der Waals surface area contributed by atoms with Gasteiger partial charge in [0.15, 0.2) is 0 Å². The lowest BCUT2D eigenvalue weighted by Gasteiger charge is -2.15. The first-order valence-corrected chi connectivity index (χ1v) is 7.53. The van der Waals surface area contributed by atoms with Crippen molar-refractivity contribution in [3.05, 3.63) is 35.9 Å². The van der Waals surface area contributed by atoms with Crippen molar-refractivity contribution in [1.82, 2.24) is 4.90 Å². The van der Waals surface area contributed by atoms with Crippen molar-refractivity contribution in [2.24, 2.45) is 10.4 Å². The van der Waals surface area contributed by atoms with E-state index in [0.717, 1.165) is 35.7 Å². The second-order valence-corrected chi connectivity index (χ2v) is 6.48.